The van der Waals surface area contributed by atoms with Crippen molar-refractivity contribution in [2.24, 2.45) is 0 Å². The Hall–Kier alpha value is -0.920. The van der Waals surface area contributed by atoms with Crippen LogP contribution in [-0.4, -0.2) is 48.7 Å². The van der Waals surface area contributed by atoms with Crippen molar-refractivity contribution in [2.75, 3.05) is 20.1 Å². The van der Waals surface area contributed by atoms with Gasteiger partial charge in [-0.05, 0) is 20.9 Å². The molecule has 0 fully saturated rings. The summed E-state index contributed by atoms with van der Waals surface area (Å²) >= 11 is 0. The highest BCUT2D eigenvalue weighted by Gasteiger charge is 2.26. The van der Waals surface area contributed by atoms with Crippen LogP contribution in [0.15, 0.2) is 17.3 Å². The molecule has 1 aromatic heterocycles. The fraction of sp³-hybridized carbons (Fsp3) is 0.727. The number of likely N-dealkylation sites (N-methyl/N-ethyl adjacent to an activating group) is 1. The first kappa shape index (κ1) is 15.1. The smallest absolute Gasteiger partial charge is 0.246 e. The van der Waals surface area contributed by atoms with Crippen LogP contribution in [0.4, 0.5) is 0 Å². The molecule has 0 atom stereocenters. The quantitative estimate of drug-likeness (QED) is 0.787. The highest BCUT2D eigenvalue weighted by molar-refractivity contribution is 7.89. The van der Waals surface area contributed by atoms with E-state index < -0.39 is 10.0 Å². The third-order valence-corrected chi connectivity index (χ3v) is 4.80. The summed E-state index contributed by atoms with van der Waals surface area (Å²) in [6, 6.07) is -0.0549. The summed E-state index contributed by atoms with van der Waals surface area (Å²) in [4.78, 5) is 0.258. The first-order valence-electron chi connectivity index (χ1n) is 6.12. The van der Waals surface area contributed by atoms with Gasteiger partial charge in [0.25, 0.3) is 0 Å². The number of hydrogen-bond donors (Lipinski definition) is 1. The lowest BCUT2D eigenvalue weighted by Crippen LogP contribution is -2.36. The highest BCUT2D eigenvalue weighted by atomic mass is 32.2. The van der Waals surface area contributed by atoms with Crippen molar-refractivity contribution in [1.82, 2.24) is 19.4 Å². The van der Waals surface area contributed by atoms with Gasteiger partial charge in [-0.25, -0.2) is 8.42 Å². The van der Waals surface area contributed by atoms with Gasteiger partial charge in [0.1, 0.15) is 4.90 Å². The Morgan fingerprint density at radius 2 is 2.17 bits per heavy atom. The minimum absolute atomic E-state index is 0.0549. The Bertz CT molecular complexity index is 467. The molecule has 0 saturated carbocycles. The van der Waals surface area contributed by atoms with Gasteiger partial charge in [-0.3, -0.25) is 4.68 Å². The van der Waals surface area contributed by atoms with Gasteiger partial charge in [-0.1, -0.05) is 6.92 Å². The van der Waals surface area contributed by atoms with E-state index in [0.717, 1.165) is 6.54 Å². The second-order valence-corrected chi connectivity index (χ2v) is 6.24. The first-order valence-corrected chi connectivity index (χ1v) is 7.56. The standard InChI is InChI=1S/C11H22N4O2S/c1-5-15(10(2)3)18(16,17)11-8-13-14(9-11)7-6-12-4/h8-10,12H,5-7H2,1-4H3. The molecule has 0 radical (unpaired) electrons. The molecule has 6 nitrogen and oxygen atoms in total. The topological polar surface area (TPSA) is 67.2 Å². The lowest BCUT2D eigenvalue weighted by Gasteiger charge is -2.23. The van der Waals surface area contributed by atoms with Gasteiger partial charge in [-0.2, -0.15) is 9.40 Å². The van der Waals surface area contributed by atoms with Gasteiger partial charge in [0, 0.05) is 25.3 Å². The van der Waals surface area contributed by atoms with Crippen molar-refractivity contribution < 1.29 is 8.42 Å². The minimum Gasteiger partial charge on any atom is -0.318 e. The summed E-state index contributed by atoms with van der Waals surface area (Å²) in [5.41, 5.74) is 0. The van der Waals surface area contributed by atoms with Crippen LogP contribution in [0.25, 0.3) is 0 Å². The molecule has 7 heteroatoms. The number of hydrogen-bond acceptors (Lipinski definition) is 4. The average molecular weight is 274 g/mol. The third kappa shape index (κ3) is 3.30. The summed E-state index contributed by atoms with van der Waals surface area (Å²) in [6.07, 6.45) is 2.99. The molecular formula is C11H22N4O2S. The Balaban J connectivity index is 2.94. The molecule has 0 aliphatic heterocycles. The van der Waals surface area contributed by atoms with Crippen molar-refractivity contribution in [3.63, 3.8) is 0 Å². The SMILES string of the molecule is CCN(C(C)C)S(=O)(=O)c1cnn(CCNC)c1. The molecule has 0 aliphatic carbocycles. The lowest BCUT2D eigenvalue weighted by atomic mass is 10.4. The fourth-order valence-electron chi connectivity index (χ4n) is 1.77. The molecule has 0 aromatic carbocycles. The van der Waals surface area contributed by atoms with Crippen LogP contribution in [-0.2, 0) is 16.6 Å². The van der Waals surface area contributed by atoms with Gasteiger partial charge in [0.05, 0.1) is 12.7 Å². The molecule has 0 saturated heterocycles. The molecule has 0 amide bonds. The first-order chi connectivity index (χ1) is 8.43. The second kappa shape index (κ2) is 6.31. The zero-order chi connectivity index (χ0) is 13.8. The molecule has 0 unspecified atom stereocenters. The van der Waals surface area contributed by atoms with Crippen molar-refractivity contribution in [3.8, 4) is 0 Å². The van der Waals surface area contributed by atoms with Crippen LogP contribution in [0.5, 0.6) is 0 Å². The zero-order valence-electron chi connectivity index (χ0n) is 11.4. The van der Waals surface area contributed by atoms with Gasteiger partial charge >= 0.3 is 0 Å². The van der Waals surface area contributed by atoms with E-state index in [1.54, 1.807) is 10.9 Å². The Kier molecular flexibility index (Phi) is 5.30. The number of aromatic nitrogens is 2. The third-order valence-electron chi connectivity index (χ3n) is 2.69. The lowest BCUT2D eigenvalue weighted by molar-refractivity contribution is 0.369. The molecule has 1 N–H and O–H groups in total. The maximum atomic E-state index is 12.3. The molecule has 0 bridgehead atoms. The molecule has 1 aromatic rings. The second-order valence-electron chi connectivity index (χ2n) is 4.34. The van der Waals surface area contributed by atoms with Crippen LogP contribution in [0.3, 0.4) is 0 Å². The van der Waals surface area contributed by atoms with E-state index in [0.29, 0.717) is 13.1 Å². The van der Waals surface area contributed by atoms with E-state index in [1.165, 1.54) is 10.5 Å². The molecule has 0 aliphatic rings. The van der Waals surface area contributed by atoms with E-state index in [-0.39, 0.29) is 10.9 Å². The average Bonchev–Trinajstić information content (AvgIpc) is 2.75. The van der Waals surface area contributed by atoms with Gasteiger partial charge in [0.2, 0.25) is 10.0 Å². The predicted molar refractivity (Wildman–Crippen MR) is 70.9 cm³/mol. The van der Waals surface area contributed by atoms with Gasteiger partial charge in [-0.15, -0.1) is 0 Å². The van der Waals surface area contributed by atoms with E-state index in [1.807, 2.05) is 27.8 Å². The van der Waals surface area contributed by atoms with Crippen molar-refractivity contribution >= 4 is 10.0 Å². The molecule has 18 heavy (non-hydrogen) atoms. The van der Waals surface area contributed by atoms with E-state index in [4.69, 9.17) is 0 Å². The number of sulfonamides is 1. The number of nitrogens with one attached hydrogen (secondary N) is 1. The van der Waals surface area contributed by atoms with Crippen LogP contribution < -0.4 is 5.32 Å². The van der Waals surface area contributed by atoms with Crippen molar-refractivity contribution in [2.45, 2.75) is 38.3 Å². The number of nitrogens with zero attached hydrogens (tertiary/aromatic N) is 3. The van der Waals surface area contributed by atoms with E-state index in [9.17, 15) is 8.42 Å². The maximum Gasteiger partial charge on any atom is 0.246 e. The molecule has 1 rings (SSSR count). The summed E-state index contributed by atoms with van der Waals surface area (Å²) in [5.74, 6) is 0. The van der Waals surface area contributed by atoms with Crippen LogP contribution >= 0.6 is 0 Å². The minimum atomic E-state index is -3.43. The molecule has 1 heterocycles. The van der Waals surface area contributed by atoms with Crippen molar-refractivity contribution in [3.05, 3.63) is 12.4 Å². The van der Waals surface area contributed by atoms with Gasteiger partial charge in [0.15, 0.2) is 0 Å². The summed E-state index contributed by atoms with van der Waals surface area (Å²) in [6.45, 7) is 7.44. The van der Waals surface area contributed by atoms with Crippen LogP contribution in [0, 0.1) is 0 Å². The van der Waals surface area contributed by atoms with E-state index in [2.05, 4.69) is 10.4 Å². The predicted octanol–water partition coefficient (Wildman–Crippen LogP) is 0.521. The Morgan fingerprint density at radius 1 is 1.50 bits per heavy atom. The summed E-state index contributed by atoms with van der Waals surface area (Å²) in [7, 11) is -1.58. The summed E-state index contributed by atoms with van der Waals surface area (Å²) in [5, 5.41) is 7.06. The fourth-order valence-corrected chi connectivity index (χ4v) is 3.38. The largest absolute Gasteiger partial charge is 0.318 e. The molecule has 104 valence electrons. The number of rotatable bonds is 7. The molecular weight excluding hydrogens is 252 g/mol. The normalized spacial score (nSPS) is 12.6. The highest BCUT2D eigenvalue weighted by Crippen LogP contribution is 2.16. The summed E-state index contributed by atoms with van der Waals surface area (Å²) < 4.78 is 27.8. The monoisotopic (exact) mass is 274 g/mol. The Morgan fingerprint density at radius 3 is 2.67 bits per heavy atom. The van der Waals surface area contributed by atoms with Crippen molar-refractivity contribution in [1.29, 1.82) is 0 Å². The Labute approximate surface area is 109 Å². The van der Waals surface area contributed by atoms with E-state index >= 15 is 0 Å². The van der Waals surface area contributed by atoms with Gasteiger partial charge < -0.3 is 5.32 Å². The maximum absolute atomic E-state index is 12.3. The van der Waals surface area contributed by atoms with Crippen LogP contribution in [0.2, 0.25) is 0 Å². The molecule has 0 spiro atoms. The zero-order valence-corrected chi connectivity index (χ0v) is 12.2. The van der Waals surface area contributed by atoms with Crippen LogP contribution in [0.1, 0.15) is 20.8 Å².